The first-order chi connectivity index (χ1) is 4.76. The van der Waals surface area contributed by atoms with Crippen LogP contribution in [0.5, 0.6) is 0 Å². The van der Waals surface area contributed by atoms with E-state index >= 15 is 0 Å². The lowest BCUT2D eigenvalue weighted by atomic mass is 10.6. The van der Waals surface area contributed by atoms with Crippen molar-refractivity contribution < 1.29 is 9.90 Å². The summed E-state index contributed by atoms with van der Waals surface area (Å²) in [5.41, 5.74) is -1.19. The third-order valence-electron chi connectivity index (χ3n) is 0.912. The SMILES string of the molecule is CN(C(=O)O)C(Cl)C(Cl)(Cl)Cl. The van der Waals surface area contributed by atoms with Crippen LogP contribution in [-0.4, -0.2) is 32.4 Å². The molecule has 0 spiro atoms. The maximum absolute atomic E-state index is 10.3. The molecule has 1 atom stereocenters. The number of hydrogen-bond acceptors (Lipinski definition) is 1. The van der Waals surface area contributed by atoms with Crippen molar-refractivity contribution in [2.45, 2.75) is 9.29 Å². The molecule has 0 heterocycles. The smallest absolute Gasteiger partial charge is 0.408 e. The molecule has 0 aliphatic rings. The van der Waals surface area contributed by atoms with Gasteiger partial charge in [-0.1, -0.05) is 46.4 Å². The molecule has 0 rings (SSSR count). The minimum absolute atomic E-state index is 0.703. The summed E-state index contributed by atoms with van der Waals surface area (Å²) in [5.74, 6) is 0. The molecular weight excluding hydrogens is 236 g/mol. The summed E-state index contributed by atoms with van der Waals surface area (Å²) < 4.78 is -1.81. The zero-order chi connectivity index (χ0) is 9.23. The van der Waals surface area contributed by atoms with Gasteiger partial charge in [-0.3, -0.25) is 4.90 Å². The molecule has 0 radical (unpaired) electrons. The third-order valence-corrected chi connectivity index (χ3v) is 2.49. The van der Waals surface area contributed by atoms with E-state index in [0.29, 0.717) is 4.90 Å². The maximum Gasteiger partial charge on any atom is 0.408 e. The van der Waals surface area contributed by atoms with Gasteiger partial charge in [-0.05, 0) is 0 Å². The summed E-state index contributed by atoms with van der Waals surface area (Å²) in [6.07, 6.45) is -1.25. The van der Waals surface area contributed by atoms with Crippen molar-refractivity contribution in [2.75, 3.05) is 7.05 Å². The number of rotatable bonds is 1. The van der Waals surface area contributed by atoms with Gasteiger partial charge in [0.05, 0.1) is 0 Å². The number of carbonyl (C=O) groups is 1. The molecule has 0 fully saturated rings. The lowest BCUT2D eigenvalue weighted by Crippen LogP contribution is -2.40. The largest absolute Gasteiger partial charge is 0.465 e. The molecule has 66 valence electrons. The Morgan fingerprint density at radius 1 is 1.55 bits per heavy atom. The average molecular weight is 241 g/mol. The average Bonchev–Trinajstić information content (AvgIpc) is 1.82. The highest BCUT2D eigenvalue weighted by atomic mass is 35.6. The number of alkyl halides is 4. The molecule has 0 saturated heterocycles. The van der Waals surface area contributed by atoms with Crippen LogP contribution in [0.15, 0.2) is 0 Å². The summed E-state index contributed by atoms with van der Waals surface area (Å²) in [4.78, 5) is 11.0. The number of hydrogen-bond donors (Lipinski definition) is 1. The normalized spacial score (nSPS) is 14.3. The van der Waals surface area contributed by atoms with Crippen LogP contribution < -0.4 is 0 Å². The Bertz CT molecular complexity index is 157. The monoisotopic (exact) mass is 239 g/mol. The summed E-state index contributed by atoms with van der Waals surface area (Å²) in [7, 11) is 1.21. The van der Waals surface area contributed by atoms with Gasteiger partial charge in [-0.25, -0.2) is 4.79 Å². The minimum atomic E-state index is -1.81. The van der Waals surface area contributed by atoms with Crippen LogP contribution >= 0.6 is 46.4 Å². The van der Waals surface area contributed by atoms with Crippen LogP contribution in [0, 0.1) is 0 Å². The standard InChI is InChI=1S/C4H5Cl4NO2/c1-9(3(10)11)2(5)4(6,7)8/h2H,1H3,(H,10,11). The van der Waals surface area contributed by atoms with E-state index in [1.807, 2.05) is 0 Å². The van der Waals surface area contributed by atoms with E-state index in [0.717, 1.165) is 0 Å². The maximum atomic E-state index is 10.3. The van der Waals surface area contributed by atoms with E-state index < -0.39 is 15.4 Å². The molecule has 0 bridgehead atoms. The topological polar surface area (TPSA) is 40.5 Å². The Morgan fingerprint density at radius 2 is 1.91 bits per heavy atom. The molecular formula is C4H5Cl4NO2. The summed E-state index contributed by atoms with van der Waals surface area (Å²) in [5, 5.41) is 8.38. The lowest BCUT2D eigenvalue weighted by molar-refractivity contribution is 0.151. The van der Waals surface area contributed by atoms with Gasteiger partial charge in [-0.15, -0.1) is 0 Å². The molecule has 0 aromatic carbocycles. The Balaban J connectivity index is 4.25. The molecule has 3 nitrogen and oxygen atoms in total. The molecule has 0 aromatic rings. The zero-order valence-corrected chi connectivity index (χ0v) is 8.42. The number of halogens is 4. The van der Waals surface area contributed by atoms with Crippen LogP contribution in [-0.2, 0) is 0 Å². The van der Waals surface area contributed by atoms with Gasteiger partial charge in [0.1, 0.15) is 0 Å². The molecule has 7 heteroatoms. The summed E-state index contributed by atoms with van der Waals surface area (Å²) in [6.45, 7) is 0. The highest BCUT2D eigenvalue weighted by Crippen LogP contribution is 2.35. The van der Waals surface area contributed by atoms with Gasteiger partial charge in [0.2, 0.25) is 3.79 Å². The summed E-state index contributed by atoms with van der Waals surface area (Å²) >= 11 is 21.4. The fourth-order valence-electron chi connectivity index (χ4n) is 0.317. The Hall–Kier alpha value is 0.430. The highest BCUT2D eigenvalue weighted by Gasteiger charge is 2.36. The molecule has 0 aromatic heterocycles. The van der Waals surface area contributed by atoms with Gasteiger partial charge in [0, 0.05) is 7.05 Å². The Morgan fingerprint density at radius 3 is 2.00 bits per heavy atom. The second-order valence-corrected chi connectivity index (χ2v) is 4.55. The minimum Gasteiger partial charge on any atom is -0.465 e. The Labute approximate surface area is 83.8 Å². The predicted octanol–water partition coefficient (Wildman–Crippen LogP) is 2.53. The van der Waals surface area contributed by atoms with Crippen molar-refractivity contribution in [3.05, 3.63) is 0 Å². The molecule has 1 N–H and O–H groups in total. The van der Waals surface area contributed by atoms with Crippen molar-refractivity contribution in [2.24, 2.45) is 0 Å². The quantitative estimate of drug-likeness (QED) is 0.565. The number of amides is 1. The van der Waals surface area contributed by atoms with Crippen molar-refractivity contribution in [3.63, 3.8) is 0 Å². The van der Waals surface area contributed by atoms with E-state index in [4.69, 9.17) is 51.5 Å². The highest BCUT2D eigenvalue weighted by molar-refractivity contribution is 6.70. The van der Waals surface area contributed by atoms with Crippen LogP contribution in [0.25, 0.3) is 0 Å². The molecule has 1 amide bonds. The fraction of sp³-hybridized carbons (Fsp3) is 0.750. The van der Waals surface area contributed by atoms with E-state index in [2.05, 4.69) is 0 Å². The van der Waals surface area contributed by atoms with Crippen molar-refractivity contribution in [3.8, 4) is 0 Å². The van der Waals surface area contributed by atoms with Crippen LogP contribution in [0.1, 0.15) is 0 Å². The Kier molecular flexibility index (Phi) is 4.05. The first-order valence-electron chi connectivity index (χ1n) is 2.43. The molecule has 11 heavy (non-hydrogen) atoms. The van der Waals surface area contributed by atoms with Crippen molar-refractivity contribution >= 4 is 52.5 Å². The molecule has 0 aliphatic carbocycles. The van der Waals surface area contributed by atoms with Gasteiger partial charge in [-0.2, -0.15) is 0 Å². The van der Waals surface area contributed by atoms with Gasteiger partial charge < -0.3 is 5.11 Å². The van der Waals surface area contributed by atoms with E-state index in [-0.39, 0.29) is 0 Å². The first kappa shape index (κ1) is 11.4. The predicted molar refractivity (Wildman–Crippen MR) is 45.7 cm³/mol. The zero-order valence-electron chi connectivity index (χ0n) is 5.39. The molecule has 1 unspecified atom stereocenters. The molecule has 0 aliphatic heterocycles. The second kappa shape index (κ2) is 3.90. The molecule has 0 saturated carbocycles. The van der Waals surface area contributed by atoms with Gasteiger partial charge in [0.15, 0.2) is 5.50 Å². The number of nitrogens with zero attached hydrogens (tertiary/aromatic N) is 1. The van der Waals surface area contributed by atoms with E-state index in [1.165, 1.54) is 7.05 Å². The van der Waals surface area contributed by atoms with Crippen LogP contribution in [0.4, 0.5) is 4.79 Å². The summed E-state index contributed by atoms with van der Waals surface area (Å²) in [6, 6.07) is 0. The van der Waals surface area contributed by atoms with Crippen LogP contribution in [0.3, 0.4) is 0 Å². The van der Waals surface area contributed by atoms with E-state index in [9.17, 15) is 4.79 Å². The number of carboxylic acid groups (broad SMARTS) is 1. The first-order valence-corrected chi connectivity index (χ1v) is 4.00. The van der Waals surface area contributed by atoms with Crippen molar-refractivity contribution in [1.82, 2.24) is 4.90 Å². The fourth-order valence-corrected chi connectivity index (χ4v) is 0.839. The van der Waals surface area contributed by atoms with Crippen molar-refractivity contribution in [1.29, 1.82) is 0 Å². The lowest BCUT2D eigenvalue weighted by Gasteiger charge is -2.25. The van der Waals surface area contributed by atoms with Crippen LogP contribution in [0.2, 0.25) is 0 Å². The van der Waals surface area contributed by atoms with E-state index in [1.54, 1.807) is 0 Å². The van der Waals surface area contributed by atoms with Gasteiger partial charge in [0.25, 0.3) is 0 Å². The third kappa shape index (κ3) is 3.56. The second-order valence-electron chi connectivity index (χ2n) is 1.77. The van der Waals surface area contributed by atoms with Gasteiger partial charge >= 0.3 is 6.09 Å².